The summed E-state index contributed by atoms with van der Waals surface area (Å²) in [4.78, 5) is 10.9. The van der Waals surface area contributed by atoms with Crippen LogP contribution in [0.5, 0.6) is 0 Å². The molecule has 1 aliphatic heterocycles. The highest BCUT2D eigenvalue weighted by atomic mass is 35.5. The van der Waals surface area contributed by atoms with Crippen LogP contribution in [0.2, 0.25) is 0 Å². The maximum absolute atomic E-state index is 12.3. The van der Waals surface area contributed by atoms with Gasteiger partial charge in [0.15, 0.2) is 9.84 Å². The number of halogens is 1. The van der Waals surface area contributed by atoms with Crippen molar-refractivity contribution in [2.45, 2.75) is 29.8 Å². The molecule has 0 aromatic heterocycles. The monoisotopic (exact) mass is 380 g/mol. The molecule has 0 bridgehead atoms. The minimum atomic E-state index is -3.86. The maximum Gasteiger partial charge on any atom is 0.240 e. The molecule has 0 spiro atoms. The van der Waals surface area contributed by atoms with Gasteiger partial charge in [-0.3, -0.25) is 4.79 Å². The average molecular weight is 381 g/mol. The molecule has 1 aliphatic rings. The van der Waals surface area contributed by atoms with E-state index in [1.807, 2.05) is 0 Å². The van der Waals surface area contributed by atoms with E-state index in [2.05, 4.69) is 10.0 Å². The van der Waals surface area contributed by atoms with Crippen LogP contribution in [0.3, 0.4) is 0 Å². The van der Waals surface area contributed by atoms with Gasteiger partial charge in [0.2, 0.25) is 15.9 Å². The molecule has 0 saturated carbocycles. The van der Waals surface area contributed by atoms with Crippen molar-refractivity contribution in [3.63, 3.8) is 0 Å². The van der Waals surface area contributed by atoms with Crippen molar-refractivity contribution in [3.05, 3.63) is 29.8 Å². The van der Waals surface area contributed by atoms with Crippen LogP contribution in [-0.4, -0.2) is 45.7 Å². The Kier molecular flexibility index (Phi) is 5.34. The molecule has 0 aliphatic carbocycles. The smallest absolute Gasteiger partial charge is 0.240 e. The van der Waals surface area contributed by atoms with Gasteiger partial charge in [0, 0.05) is 13.5 Å². The van der Waals surface area contributed by atoms with Gasteiger partial charge in [0.05, 0.1) is 27.8 Å². The first-order valence-electron chi connectivity index (χ1n) is 6.79. The first-order valence-corrected chi connectivity index (χ1v) is 10.5. The molecule has 7 nitrogen and oxygen atoms in total. The van der Waals surface area contributed by atoms with Crippen molar-refractivity contribution in [2.75, 3.05) is 11.5 Å². The highest BCUT2D eigenvalue weighted by Crippen LogP contribution is 2.20. The Morgan fingerprint density at radius 2 is 1.87 bits per heavy atom. The summed E-state index contributed by atoms with van der Waals surface area (Å²) in [5.41, 5.74) is 0.748. The van der Waals surface area contributed by atoms with Crippen molar-refractivity contribution in [1.29, 1.82) is 0 Å². The number of sulfonamides is 1. The Labute approximate surface area is 140 Å². The highest BCUT2D eigenvalue weighted by Gasteiger charge is 2.38. The molecule has 2 atom stereocenters. The Hall–Kier alpha value is -1.16. The fraction of sp³-hybridized carbons (Fsp3) is 0.462. The predicted octanol–water partition coefficient (Wildman–Crippen LogP) is 0.00540. The summed E-state index contributed by atoms with van der Waals surface area (Å²) in [5, 5.41) is 1.82. The molecule has 1 aromatic carbocycles. The molecular formula is C13H17ClN2O5S2. The summed E-state index contributed by atoms with van der Waals surface area (Å²) < 4.78 is 49.9. The molecule has 1 aromatic rings. The zero-order valence-corrected chi connectivity index (χ0v) is 14.7. The Balaban J connectivity index is 2.09. The molecule has 1 heterocycles. The van der Waals surface area contributed by atoms with Gasteiger partial charge in [-0.05, 0) is 17.7 Å². The van der Waals surface area contributed by atoms with E-state index in [-0.39, 0.29) is 22.3 Å². The second kappa shape index (κ2) is 6.76. The van der Waals surface area contributed by atoms with Crippen molar-refractivity contribution >= 4 is 37.4 Å². The third-order valence-corrected chi connectivity index (χ3v) is 7.25. The number of amides is 1. The highest BCUT2D eigenvalue weighted by molar-refractivity contribution is 7.92. The van der Waals surface area contributed by atoms with Crippen LogP contribution >= 0.6 is 11.6 Å². The molecule has 1 saturated heterocycles. The summed E-state index contributed by atoms with van der Waals surface area (Å²) in [6.07, 6.45) is 0. The zero-order valence-electron chi connectivity index (χ0n) is 12.3. The first-order chi connectivity index (χ1) is 10.6. The molecule has 10 heteroatoms. The third-order valence-electron chi connectivity index (χ3n) is 3.36. The van der Waals surface area contributed by atoms with Crippen molar-refractivity contribution in [3.8, 4) is 0 Å². The van der Waals surface area contributed by atoms with E-state index in [4.69, 9.17) is 11.6 Å². The summed E-state index contributed by atoms with van der Waals surface area (Å²) in [6.45, 7) is 1.69. The van der Waals surface area contributed by atoms with Crippen LogP contribution in [0, 0.1) is 0 Å². The van der Waals surface area contributed by atoms with Crippen molar-refractivity contribution < 1.29 is 21.6 Å². The van der Waals surface area contributed by atoms with Gasteiger partial charge in [-0.2, -0.15) is 0 Å². The zero-order chi connectivity index (χ0) is 17.3. The normalized spacial score (nSPS) is 23.6. The molecule has 23 heavy (non-hydrogen) atoms. The largest absolute Gasteiger partial charge is 0.352 e. The molecule has 0 radical (unpaired) electrons. The average Bonchev–Trinajstić information content (AvgIpc) is 2.68. The minimum absolute atomic E-state index is 0.0113. The van der Waals surface area contributed by atoms with E-state index in [0.29, 0.717) is 6.54 Å². The van der Waals surface area contributed by atoms with Crippen molar-refractivity contribution in [2.24, 2.45) is 0 Å². The fourth-order valence-corrected chi connectivity index (χ4v) is 6.20. The number of alkyl halides is 1. The number of carbonyl (C=O) groups excluding carboxylic acids is 1. The van der Waals surface area contributed by atoms with Crippen molar-refractivity contribution in [1.82, 2.24) is 10.0 Å². The Bertz CT molecular complexity index is 790. The van der Waals surface area contributed by atoms with Gasteiger partial charge in [0.25, 0.3) is 0 Å². The molecule has 2 N–H and O–H groups in total. The lowest BCUT2D eigenvalue weighted by Gasteiger charge is -2.15. The number of hydrogen-bond acceptors (Lipinski definition) is 5. The molecule has 1 amide bonds. The summed E-state index contributed by atoms with van der Waals surface area (Å²) in [7, 11) is -7.18. The summed E-state index contributed by atoms with van der Waals surface area (Å²) >= 11 is 5.91. The second-order valence-electron chi connectivity index (χ2n) is 5.37. The Morgan fingerprint density at radius 1 is 1.26 bits per heavy atom. The lowest BCUT2D eigenvalue weighted by atomic mass is 10.2. The lowest BCUT2D eigenvalue weighted by molar-refractivity contribution is -0.119. The van der Waals surface area contributed by atoms with Gasteiger partial charge >= 0.3 is 0 Å². The van der Waals surface area contributed by atoms with Gasteiger partial charge in [-0.25, -0.2) is 21.6 Å². The molecule has 128 valence electrons. The number of benzene rings is 1. The number of rotatable bonds is 5. The van der Waals surface area contributed by atoms with E-state index >= 15 is 0 Å². The van der Waals surface area contributed by atoms with E-state index in [9.17, 15) is 21.6 Å². The number of nitrogens with one attached hydrogen (secondary N) is 2. The second-order valence-corrected chi connectivity index (χ2v) is 9.80. The van der Waals surface area contributed by atoms with Crippen LogP contribution in [0.4, 0.5) is 0 Å². The van der Waals surface area contributed by atoms with Crippen LogP contribution in [0.15, 0.2) is 29.2 Å². The van der Waals surface area contributed by atoms with Gasteiger partial charge in [0.1, 0.15) is 0 Å². The summed E-state index contributed by atoms with van der Waals surface area (Å²) in [5.74, 6) is -0.725. The van der Waals surface area contributed by atoms with Gasteiger partial charge in [-0.15, -0.1) is 11.6 Å². The third kappa shape index (κ3) is 4.90. The van der Waals surface area contributed by atoms with E-state index in [0.717, 1.165) is 5.56 Å². The standard InChI is InChI=1S/C13H17ClN2O5S2/c1-9(17)15-6-10-2-4-11(5-3-10)23(20,21)16-13-8-22(18,19)7-12(13)14/h2-5,12-13,16H,6-8H2,1H3,(H,15,17)/t12-,13+/m0/s1. The van der Waals surface area contributed by atoms with Crippen LogP contribution in [-0.2, 0) is 31.2 Å². The van der Waals surface area contributed by atoms with Crippen LogP contribution < -0.4 is 10.0 Å². The molecule has 0 unspecified atom stereocenters. The number of hydrogen-bond donors (Lipinski definition) is 2. The van der Waals surface area contributed by atoms with E-state index < -0.39 is 31.3 Å². The minimum Gasteiger partial charge on any atom is -0.352 e. The van der Waals surface area contributed by atoms with E-state index in [1.54, 1.807) is 12.1 Å². The quantitative estimate of drug-likeness (QED) is 0.699. The molecule has 2 rings (SSSR count). The van der Waals surface area contributed by atoms with Gasteiger partial charge in [-0.1, -0.05) is 12.1 Å². The number of carbonyl (C=O) groups is 1. The molecular weight excluding hydrogens is 364 g/mol. The number of sulfone groups is 1. The predicted molar refractivity (Wildman–Crippen MR) is 86.4 cm³/mol. The van der Waals surface area contributed by atoms with E-state index in [1.165, 1.54) is 19.1 Å². The molecule has 1 fully saturated rings. The van der Waals surface area contributed by atoms with Crippen LogP contribution in [0.1, 0.15) is 12.5 Å². The Morgan fingerprint density at radius 3 is 2.35 bits per heavy atom. The summed E-state index contributed by atoms with van der Waals surface area (Å²) in [6, 6.07) is 5.10. The van der Waals surface area contributed by atoms with Crippen LogP contribution in [0.25, 0.3) is 0 Å². The topological polar surface area (TPSA) is 109 Å². The SMILES string of the molecule is CC(=O)NCc1ccc(S(=O)(=O)N[C@@H]2CS(=O)(=O)C[C@@H]2Cl)cc1. The maximum atomic E-state index is 12.3. The van der Waals surface area contributed by atoms with Gasteiger partial charge < -0.3 is 5.32 Å². The first kappa shape index (κ1) is 18.2. The lowest BCUT2D eigenvalue weighted by Crippen LogP contribution is -2.40. The fourth-order valence-electron chi connectivity index (χ4n) is 2.19.